The summed E-state index contributed by atoms with van der Waals surface area (Å²) < 4.78 is 12.0. The first-order valence-electron chi connectivity index (χ1n) is 11.0. The molecule has 8 heteroatoms. The van der Waals surface area contributed by atoms with Crippen molar-refractivity contribution in [2.75, 3.05) is 26.3 Å². The molecule has 2 amide bonds. The number of ether oxygens (including phenoxy) is 2. The van der Waals surface area contributed by atoms with Crippen molar-refractivity contribution in [2.24, 2.45) is 11.8 Å². The second-order valence-corrected chi connectivity index (χ2v) is 10.0. The second kappa shape index (κ2) is 7.45. The van der Waals surface area contributed by atoms with E-state index in [0.717, 1.165) is 0 Å². The summed E-state index contributed by atoms with van der Waals surface area (Å²) in [6.45, 7) is 8.54. The fourth-order valence-electron chi connectivity index (χ4n) is 5.59. The Hall–Kier alpha value is -2.19. The van der Waals surface area contributed by atoms with Crippen LogP contribution >= 0.6 is 0 Å². The molecule has 0 aromatic carbocycles. The molecule has 4 aliphatic rings. The van der Waals surface area contributed by atoms with Gasteiger partial charge in [0.25, 0.3) is 0 Å². The van der Waals surface area contributed by atoms with Crippen LogP contribution < -0.4 is 0 Å². The number of carbonyl (C=O) groups excluding carboxylic acids is 3. The number of rotatable bonds is 4. The van der Waals surface area contributed by atoms with Crippen LogP contribution in [0.3, 0.4) is 0 Å². The number of likely N-dealkylation sites (tertiary alicyclic amines) is 1. The van der Waals surface area contributed by atoms with Crippen molar-refractivity contribution in [1.82, 2.24) is 9.80 Å². The lowest BCUT2D eigenvalue weighted by Gasteiger charge is -2.41. The van der Waals surface area contributed by atoms with Gasteiger partial charge in [0.05, 0.1) is 11.5 Å². The molecular weight excluding hydrogens is 400 g/mol. The molecule has 0 aliphatic carbocycles. The normalized spacial score (nSPS) is 37.3. The third kappa shape index (κ3) is 3.22. The number of cyclic esters (lactones) is 1. The van der Waals surface area contributed by atoms with Gasteiger partial charge in [-0.15, -0.1) is 0 Å². The van der Waals surface area contributed by atoms with Gasteiger partial charge in [-0.1, -0.05) is 18.2 Å². The molecule has 1 N–H and O–H groups in total. The number of aliphatic hydroxyl groups excluding tert-OH is 1. The number of aliphatic hydroxyl groups is 1. The lowest BCUT2D eigenvalue weighted by molar-refractivity contribution is -0.158. The lowest BCUT2D eigenvalue weighted by atomic mass is 9.74. The topological polar surface area (TPSA) is 96.4 Å². The van der Waals surface area contributed by atoms with Gasteiger partial charge < -0.3 is 24.4 Å². The highest BCUT2D eigenvalue weighted by Crippen LogP contribution is 2.57. The third-order valence-electron chi connectivity index (χ3n) is 6.93. The first-order chi connectivity index (χ1) is 14.6. The average Bonchev–Trinajstić information content (AvgIpc) is 2.92. The van der Waals surface area contributed by atoms with Gasteiger partial charge in [-0.25, -0.2) is 0 Å². The van der Waals surface area contributed by atoms with Crippen LogP contribution in [0.4, 0.5) is 0 Å². The summed E-state index contributed by atoms with van der Waals surface area (Å²) >= 11 is 0. The fourth-order valence-corrected chi connectivity index (χ4v) is 5.59. The summed E-state index contributed by atoms with van der Waals surface area (Å²) in [6, 6.07) is -0.869. The highest BCUT2D eigenvalue weighted by atomic mass is 16.6. The largest absolute Gasteiger partial charge is 0.461 e. The van der Waals surface area contributed by atoms with Gasteiger partial charge in [0.1, 0.15) is 24.2 Å². The van der Waals surface area contributed by atoms with Gasteiger partial charge >= 0.3 is 5.97 Å². The zero-order chi connectivity index (χ0) is 22.6. The van der Waals surface area contributed by atoms with Crippen LogP contribution in [0, 0.1) is 11.8 Å². The van der Waals surface area contributed by atoms with Crippen LogP contribution in [0.1, 0.15) is 40.5 Å². The molecule has 8 nitrogen and oxygen atoms in total. The zero-order valence-corrected chi connectivity index (χ0v) is 18.7. The molecule has 0 bridgehead atoms. The highest BCUT2D eigenvalue weighted by Gasteiger charge is 2.74. The van der Waals surface area contributed by atoms with E-state index in [0.29, 0.717) is 25.9 Å². The number of hydrogen-bond acceptors (Lipinski definition) is 6. The van der Waals surface area contributed by atoms with Crippen LogP contribution in [0.15, 0.2) is 24.3 Å². The summed E-state index contributed by atoms with van der Waals surface area (Å²) in [6.07, 6.45) is 8.31. The molecule has 4 heterocycles. The van der Waals surface area contributed by atoms with Crippen LogP contribution in [0.5, 0.6) is 0 Å². The maximum Gasteiger partial charge on any atom is 0.313 e. The Morgan fingerprint density at radius 3 is 2.52 bits per heavy atom. The molecule has 170 valence electrons. The van der Waals surface area contributed by atoms with Gasteiger partial charge in [0, 0.05) is 25.2 Å². The summed E-state index contributed by atoms with van der Waals surface area (Å²) in [5, 5.41) is 9.22. The Morgan fingerprint density at radius 2 is 1.84 bits per heavy atom. The van der Waals surface area contributed by atoms with Gasteiger partial charge in [0.2, 0.25) is 11.8 Å². The minimum absolute atomic E-state index is 0.0115. The first kappa shape index (κ1) is 22.0. The number of hydrogen-bond donors (Lipinski definition) is 1. The average molecular weight is 433 g/mol. The van der Waals surface area contributed by atoms with Crippen LogP contribution in [-0.2, 0) is 23.9 Å². The van der Waals surface area contributed by atoms with Gasteiger partial charge in [-0.05, 0) is 46.6 Å². The van der Waals surface area contributed by atoms with Crippen LogP contribution in [-0.4, -0.2) is 81.8 Å². The standard InChI is InChI=1S/C23H32N2O6/c1-21(2,3)25-12-7-10-23-15(16-20(29)30-14-8-9-22(16,4)31-23)18(27)24(11-5-6-13-26)17(23)19(25)28/h7-10,15-17,26H,5-6,11-14H2,1-4H3/t15-,16-,17?,22+,23-/m0/s1. The molecule has 0 aromatic heterocycles. The van der Waals surface area contributed by atoms with Crippen molar-refractivity contribution in [3.8, 4) is 0 Å². The Morgan fingerprint density at radius 1 is 1.10 bits per heavy atom. The van der Waals surface area contributed by atoms with Crippen LogP contribution in [0.25, 0.3) is 0 Å². The molecule has 1 unspecified atom stereocenters. The SMILES string of the molecule is CC(C)(C)N1CC=C[C@]23O[C@]4(C)C=CCOC(=O)[C@@H]4[C@H]2C(=O)N(CCCCO)C3C1=O. The Bertz CT molecular complexity index is 845. The van der Waals surface area contributed by atoms with E-state index >= 15 is 0 Å². The number of amides is 2. The third-order valence-corrected chi connectivity index (χ3v) is 6.93. The Labute approximate surface area is 182 Å². The van der Waals surface area contributed by atoms with Crippen LogP contribution in [0.2, 0.25) is 0 Å². The van der Waals surface area contributed by atoms with E-state index in [1.165, 1.54) is 0 Å². The maximum atomic E-state index is 13.9. The zero-order valence-electron chi connectivity index (χ0n) is 18.7. The Balaban J connectivity index is 1.84. The lowest BCUT2D eigenvalue weighted by Crippen LogP contribution is -2.59. The molecule has 0 saturated carbocycles. The number of nitrogens with zero attached hydrogens (tertiary/aromatic N) is 2. The first-order valence-corrected chi connectivity index (χ1v) is 11.0. The predicted octanol–water partition coefficient (Wildman–Crippen LogP) is 1.04. The molecule has 0 radical (unpaired) electrons. The molecule has 4 aliphatic heterocycles. The summed E-state index contributed by atoms with van der Waals surface area (Å²) in [5.74, 6) is -2.60. The minimum Gasteiger partial charge on any atom is -0.461 e. The van der Waals surface area contributed by atoms with Crippen molar-refractivity contribution in [2.45, 2.75) is 63.3 Å². The number of fused-ring (bicyclic) bond motifs is 2. The van der Waals surface area contributed by atoms with E-state index in [1.807, 2.05) is 32.9 Å². The van der Waals surface area contributed by atoms with Gasteiger partial charge in [-0.2, -0.15) is 0 Å². The van der Waals surface area contributed by atoms with E-state index in [9.17, 15) is 19.5 Å². The van der Waals surface area contributed by atoms with E-state index in [-0.39, 0.29) is 25.0 Å². The van der Waals surface area contributed by atoms with E-state index in [2.05, 4.69) is 0 Å². The van der Waals surface area contributed by atoms with E-state index < -0.39 is 40.6 Å². The van der Waals surface area contributed by atoms with Gasteiger partial charge in [0.15, 0.2) is 0 Å². The quantitative estimate of drug-likeness (QED) is 0.405. The van der Waals surface area contributed by atoms with Crippen molar-refractivity contribution in [3.63, 3.8) is 0 Å². The summed E-state index contributed by atoms with van der Waals surface area (Å²) in [7, 11) is 0. The second-order valence-electron chi connectivity index (χ2n) is 10.0. The molecule has 4 rings (SSSR count). The molecular formula is C23H32N2O6. The molecule has 0 aromatic rings. The highest BCUT2D eigenvalue weighted by molar-refractivity contribution is 5.99. The fraction of sp³-hybridized carbons (Fsp3) is 0.696. The van der Waals surface area contributed by atoms with Crippen molar-refractivity contribution in [3.05, 3.63) is 24.3 Å². The Kier molecular flexibility index (Phi) is 5.29. The summed E-state index contributed by atoms with van der Waals surface area (Å²) in [5.41, 5.74) is -2.73. The van der Waals surface area contributed by atoms with E-state index in [4.69, 9.17) is 9.47 Å². The van der Waals surface area contributed by atoms with Crippen molar-refractivity contribution in [1.29, 1.82) is 0 Å². The molecule has 2 fully saturated rings. The molecule has 5 atom stereocenters. The van der Waals surface area contributed by atoms with Gasteiger partial charge in [-0.3, -0.25) is 14.4 Å². The van der Waals surface area contributed by atoms with E-state index in [1.54, 1.807) is 28.9 Å². The number of unbranched alkanes of at least 4 members (excludes halogenated alkanes) is 1. The van der Waals surface area contributed by atoms with Crippen molar-refractivity contribution >= 4 is 17.8 Å². The number of carbonyl (C=O) groups is 3. The molecule has 31 heavy (non-hydrogen) atoms. The summed E-state index contributed by atoms with van der Waals surface area (Å²) in [4.78, 5) is 43.9. The predicted molar refractivity (Wildman–Crippen MR) is 112 cm³/mol. The molecule has 1 spiro atoms. The minimum atomic E-state index is -1.24. The monoisotopic (exact) mass is 432 g/mol. The number of esters is 1. The molecule has 2 saturated heterocycles. The smallest absolute Gasteiger partial charge is 0.313 e. The van der Waals surface area contributed by atoms with Crippen molar-refractivity contribution < 1.29 is 29.0 Å². The maximum absolute atomic E-state index is 13.9.